The number of nitrogens with one attached hydrogen (secondary N) is 2. The number of hydrogen-bond donors (Lipinski definition) is 2. The molecule has 0 saturated heterocycles. The molecule has 0 aromatic heterocycles. The van der Waals surface area contributed by atoms with E-state index in [1.807, 2.05) is 37.3 Å². The number of carbonyl (C=O) groups is 2. The van der Waals surface area contributed by atoms with Crippen LogP contribution in [0.25, 0.3) is 0 Å². The summed E-state index contributed by atoms with van der Waals surface area (Å²) in [4.78, 5) is 25.6. The van der Waals surface area contributed by atoms with Crippen LogP contribution in [-0.2, 0) is 4.79 Å². The topological polar surface area (TPSA) is 58.2 Å². The lowest BCUT2D eigenvalue weighted by Gasteiger charge is -2.11. The lowest BCUT2D eigenvalue weighted by atomic mass is 10.2. The zero-order chi connectivity index (χ0) is 20.8. The van der Waals surface area contributed by atoms with E-state index in [1.165, 1.54) is 11.8 Å². The van der Waals surface area contributed by atoms with Crippen molar-refractivity contribution in [2.24, 2.45) is 0 Å². The fourth-order valence-electron chi connectivity index (χ4n) is 2.50. The second-order valence-electron chi connectivity index (χ2n) is 6.26. The molecule has 0 unspecified atom stereocenters. The van der Waals surface area contributed by atoms with E-state index < -0.39 is 0 Å². The van der Waals surface area contributed by atoms with Gasteiger partial charge in [0.25, 0.3) is 5.91 Å². The van der Waals surface area contributed by atoms with Gasteiger partial charge >= 0.3 is 0 Å². The molecule has 0 radical (unpaired) electrons. The summed E-state index contributed by atoms with van der Waals surface area (Å²) in [5.74, 6) is -0.207. The van der Waals surface area contributed by atoms with Gasteiger partial charge in [0.15, 0.2) is 0 Å². The zero-order valence-corrected chi connectivity index (χ0v) is 17.9. The van der Waals surface area contributed by atoms with E-state index >= 15 is 0 Å². The predicted molar refractivity (Wildman–Crippen MR) is 121 cm³/mol. The molecule has 0 fully saturated rings. The highest BCUT2D eigenvalue weighted by Gasteiger charge is 2.11. The summed E-state index contributed by atoms with van der Waals surface area (Å²) in [6.45, 7) is 1.90. The maximum absolute atomic E-state index is 12.5. The van der Waals surface area contributed by atoms with E-state index in [2.05, 4.69) is 10.6 Å². The number of amides is 2. The van der Waals surface area contributed by atoms with Crippen LogP contribution >= 0.6 is 35.0 Å². The number of halogens is 2. The minimum Gasteiger partial charge on any atom is -0.325 e. The van der Waals surface area contributed by atoms with Gasteiger partial charge in [-0.2, -0.15) is 0 Å². The molecule has 0 aliphatic rings. The van der Waals surface area contributed by atoms with Gasteiger partial charge in [-0.1, -0.05) is 41.4 Å². The van der Waals surface area contributed by atoms with Crippen molar-refractivity contribution in [3.63, 3.8) is 0 Å². The molecule has 148 valence electrons. The van der Waals surface area contributed by atoms with Crippen LogP contribution in [0.1, 0.15) is 15.9 Å². The lowest BCUT2D eigenvalue weighted by Crippen LogP contribution is -2.15. The van der Waals surface area contributed by atoms with Crippen LogP contribution in [-0.4, -0.2) is 17.6 Å². The van der Waals surface area contributed by atoms with Crippen molar-refractivity contribution in [3.8, 4) is 0 Å². The molecule has 3 rings (SSSR count). The van der Waals surface area contributed by atoms with Gasteiger partial charge < -0.3 is 10.6 Å². The number of para-hydroxylation sites is 1. The minimum absolute atomic E-state index is 0.159. The quantitative estimate of drug-likeness (QED) is 0.439. The monoisotopic (exact) mass is 444 g/mol. The molecule has 0 spiro atoms. The number of hydrogen-bond acceptors (Lipinski definition) is 3. The Morgan fingerprint density at radius 2 is 1.66 bits per heavy atom. The highest BCUT2D eigenvalue weighted by Crippen LogP contribution is 2.28. The molecular formula is C22H18Cl2N2O2S. The summed E-state index contributed by atoms with van der Waals surface area (Å²) in [6.07, 6.45) is 0. The van der Waals surface area contributed by atoms with Gasteiger partial charge in [-0.15, -0.1) is 11.8 Å². The van der Waals surface area contributed by atoms with Crippen LogP contribution in [0.2, 0.25) is 10.0 Å². The fraction of sp³-hybridized carbons (Fsp3) is 0.0909. The van der Waals surface area contributed by atoms with Crippen molar-refractivity contribution in [1.82, 2.24) is 0 Å². The minimum atomic E-state index is -0.242. The lowest BCUT2D eigenvalue weighted by molar-refractivity contribution is -0.113. The Kier molecular flexibility index (Phi) is 7.20. The van der Waals surface area contributed by atoms with Crippen molar-refractivity contribution < 1.29 is 9.59 Å². The molecule has 4 nitrogen and oxygen atoms in total. The Hall–Kier alpha value is -2.47. The largest absolute Gasteiger partial charge is 0.325 e. The summed E-state index contributed by atoms with van der Waals surface area (Å²) < 4.78 is 0. The van der Waals surface area contributed by atoms with Gasteiger partial charge in [0.2, 0.25) is 5.91 Å². The molecular weight excluding hydrogens is 427 g/mol. The summed E-state index contributed by atoms with van der Waals surface area (Å²) in [5.41, 5.74) is 2.74. The summed E-state index contributed by atoms with van der Waals surface area (Å²) in [5, 5.41) is 6.88. The molecule has 0 saturated carbocycles. The molecule has 2 N–H and O–H groups in total. The standard InChI is InChI=1S/C22H18Cl2N2O2S/c1-14-6-11-17(12-18(14)24)25-21(27)13-29-20-5-3-2-4-19(20)26-22(28)15-7-9-16(23)10-8-15/h2-12H,13H2,1H3,(H,25,27)(H,26,28). The Bertz CT molecular complexity index is 1040. The molecule has 2 amide bonds. The number of benzene rings is 3. The molecule has 7 heteroatoms. The average Bonchev–Trinajstić information content (AvgIpc) is 2.70. The van der Waals surface area contributed by atoms with Crippen molar-refractivity contribution >= 4 is 58.2 Å². The van der Waals surface area contributed by atoms with Crippen LogP contribution < -0.4 is 10.6 Å². The Balaban J connectivity index is 1.62. The second kappa shape index (κ2) is 9.83. The normalized spacial score (nSPS) is 10.4. The molecule has 0 aliphatic carbocycles. The summed E-state index contributed by atoms with van der Waals surface area (Å²) >= 11 is 13.3. The number of carbonyl (C=O) groups excluding carboxylic acids is 2. The van der Waals surface area contributed by atoms with E-state index in [1.54, 1.807) is 36.4 Å². The third kappa shape index (κ3) is 6.00. The first-order valence-corrected chi connectivity index (χ1v) is 10.5. The Labute approximate surface area is 183 Å². The van der Waals surface area contributed by atoms with E-state index in [0.717, 1.165) is 10.5 Å². The Morgan fingerprint density at radius 1 is 0.931 bits per heavy atom. The predicted octanol–water partition coefficient (Wildman–Crippen LogP) is 6.28. The van der Waals surface area contributed by atoms with E-state index in [4.69, 9.17) is 23.2 Å². The van der Waals surface area contributed by atoms with Gasteiger partial charge in [0.1, 0.15) is 0 Å². The second-order valence-corrected chi connectivity index (χ2v) is 8.12. The van der Waals surface area contributed by atoms with E-state index in [0.29, 0.717) is 27.0 Å². The molecule has 29 heavy (non-hydrogen) atoms. The third-order valence-electron chi connectivity index (χ3n) is 4.06. The maximum atomic E-state index is 12.5. The SMILES string of the molecule is Cc1ccc(NC(=O)CSc2ccccc2NC(=O)c2ccc(Cl)cc2)cc1Cl. The fourth-order valence-corrected chi connectivity index (χ4v) is 3.62. The first-order valence-electron chi connectivity index (χ1n) is 8.77. The molecule has 0 atom stereocenters. The zero-order valence-electron chi connectivity index (χ0n) is 15.5. The van der Waals surface area contributed by atoms with Gasteiger partial charge in [0, 0.05) is 26.2 Å². The van der Waals surface area contributed by atoms with E-state index in [-0.39, 0.29) is 17.6 Å². The van der Waals surface area contributed by atoms with Crippen LogP contribution in [0, 0.1) is 6.92 Å². The highest BCUT2D eigenvalue weighted by molar-refractivity contribution is 8.00. The van der Waals surface area contributed by atoms with Gasteiger partial charge in [-0.25, -0.2) is 0 Å². The third-order valence-corrected chi connectivity index (χ3v) is 5.79. The van der Waals surface area contributed by atoms with E-state index in [9.17, 15) is 9.59 Å². The molecule has 0 heterocycles. The van der Waals surface area contributed by atoms with Crippen molar-refractivity contribution in [3.05, 3.63) is 87.9 Å². The van der Waals surface area contributed by atoms with Crippen molar-refractivity contribution in [2.45, 2.75) is 11.8 Å². The van der Waals surface area contributed by atoms with Crippen LogP contribution in [0.3, 0.4) is 0 Å². The smallest absolute Gasteiger partial charge is 0.255 e. The van der Waals surface area contributed by atoms with Gasteiger partial charge in [0.05, 0.1) is 11.4 Å². The maximum Gasteiger partial charge on any atom is 0.255 e. The van der Waals surface area contributed by atoms with Gasteiger partial charge in [-0.05, 0) is 61.0 Å². The first-order chi connectivity index (χ1) is 13.9. The molecule has 0 aliphatic heterocycles. The number of aryl methyl sites for hydroxylation is 1. The summed E-state index contributed by atoms with van der Waals surface area (Å²) in [6, 6.07) is 19.4. The molecule has 3 aromatic carbocycles. The first kappa shape index (κ1) is 21.2. The van der Waals surface area contributed by atoms with Crippen LogP contribution in [0.5, 0.6) is 0 Å². The highest BCUT2D eigenvalue weighted by atomic mass is 35.5. The number of rotatable bonds is 6. The average molecular weight is 445 g/mol. The van der Waals surface area contributed by atoms with Crippen LogP contribution in [0.15, 0.2) is 71.6 Å². The number of thioether (sulfide) groups is 1. The molecule has 3 aromatic rings. The summed E-state index contributed by atoms with van der Waals surface area (Å²) in [7, 11) is 0. The van der Waals surface area contributed by atoms with Crippen molar-refractivity contribution in [1.29, 1.82) is 0 Å². The van der Waals surface area contributed by atoms with Crippen LogP contribution in [0.4, 0.5) is 11.4 Å². The van der Waals surface area contributed by atoms with Crippen molar-refractivity contribution in [2.75, 3.05) is 16.4 Å². The van der Waals surface area contributed by atoms with Gasteiger partial charge in [-0.3, -0.25) is 9.59 Å². The Morgan fingerprint density at radius 3 is 2.38 bits per heavy atom. The molecule has 0 bridgehead atoms. The number of anilines is 2.